The van der Waals surface area contributed by atoms with Crippen molar-refractivity contribution in [2.75, 3.05) is 43.7 Å². The summed E-state index contributed by atoms with van der Waals surface area (Å²) in [6, 6.07) is 0. The highest BCUT2D eigenvalue weighted by atomic mass is 16.9. The summed E-state index contributed by atoms with van der Waals surface area (Å²) < 4.78 is 23.6. The summed E-state index contributed by atoms with van der Waals surface area (Å²) in [4.78, 5) is 11.9. The molecule has 10 heteroatoms. The predicted octanol–water partition coefficient (Wildman–Crippen LogP) is 2.52. The van der Waals surface area contributed by atoms with E-state index in [1.165, 1.54) is 0 Å². The Bertz CT molecular complexity index is 513. The van der Waals surface area contributed by atoms with Crippen LogP contribution in [0.2, 0.25) is 0 Å². The van der Waals surface area contributed by atoms with Crippen LogP contribution in [0, 0.1) is 0 Å². The van der Waals surface area contributed by atoms with Gasteiger partial charge < -0.3 is 30.4 Å². The van der Waals surface area contributed by atoms with Crippen molar-refractivity contribution >= 4 is 17.8 Å². The fraction of sp³-hybridized carbons (Fsp3) is 0.833. The van der Waals surface area contributed by atoms with Crippen molar-refractivity contribution in [3.05, 3.63) is 0 Å². The van der Waals surface area contributed by atoms with Gasteiger partial charge in [0.1, 0.15) is 0 Å². The summed E-state index contributed by atoms with van der Waals surface area (Å²) >= 11 is 0. The minimum Gasteiger partial charge on any atom is -0.382 e. The second-order valence-electron chi connectivity index (χ2n) is 6.44. The molecule has 0 amide bonds. The molecule has 0 spiro atoms. The van der Waals surface area contributed by atoms with Crippen molar-refractivity contribution in [3.8, 4) is 0 Å². The predicted molar refractivity (Wildman–Crippen MR) is 108 cm³/mol. The van der Waals surface area contributed by atoms with Gasteiger partial charge in [0.05, 0.1) is 25.9 Å². The lowest BCUT2D eigenvalue weighted by Crippen LogP contribution is -2.51. The number of aromatic nitrogens is 3. The molecule has 0 aliphatic carbocycles. The van der Waals surface area contributed by atoms with E-state index < -0.39 is 6.10 Å². The molecular weight excluding hydrogens is 364 g/mol. The third-order valence-electron chi connectivity index (χ3n) is 3.80. The molecule has 0 aliphatic rings. The van der Waals surface area contributed by atoms with Crippen LogP contribution in [0.15, 0.2) is 0 Å². The lowest BCUT2D eigenvalue weighted by Gasteiger charge is -2.36. The van der Waals surface area contributed by atoms with Crippen molar-refractivity contribution in [1.29, 1.82) is 0 Å². The van der Waals surface area contributed by atoms with Crippen LogP contribution in [-0.2, 0) is 18.9 Å². The van der Waals surface area contributed by atoms with Crippen LogP contribution in [0.1, 0.15) is 59.3 Å². The van der Waals surface area contributed by atoms with Gasteiger partial charge in [-0.2, -0.15) is 15.0 Å². The Hall–Kier alpha value is -1.75. The van der Waals surface area contributed by atoms with Crippen LogP contribution in [-0.4, -0.2) is 54.1 Å². The number of nitrogens with one attached hydrogen (secondary N) is 1. The van der Waals surface area contributed by atoms with Crippen LogP contribution >= 0.6 is 0 Å². The molecule has 1 unspecified atom stereocenters. The smallest absolute Gasteiger partial charge is 0.377 e. The van der Waals surface area contributed by atoms with E-state index in [-0.39, 0.29) is 23.9 Å². The third kappa shape index (κ3) is 8.96. The van der Waals surface area contributed by atoms with Gasteiger partial charge in [0, 0.05) is 7.11 Å². The van der Waals surface area contributed by atoms with E-state index in [1.54, 1.807) is 7.11 Å². The molecule has 0 bridgehead atoms. The minimum absolute atomic E-state index is 0.00647. The molecule has 0 fully saturated rings. The number of hydrogen-bond acceptors (Lipinski definition) is 10. The Morgan fingerprint density at radius 2 is 1.50 bits per heavy atom. The first-order valence-electron chi connectivity index (χ1n) is 9.98. The highest BCUT2D eigenvalue weighted by Crippen LogP contribution is 2.23. The van der Waals surface area contributed by atoms with Crippen LogP contribution in [0.5, 0.6) is 0 Å². The summed E-state index contributed by atoms with van der Waals surface area (Å²) in [7, 11) is 1.63. The van der Waals surface area contributed by atoms with Gasteiger partial charge in [-0.3, -0.25) is 5.32 Å². The molecule has 0 radical (unpaired) electrons. The normalized spacial score (nSPS) is 12.9. The Kier molecular flexibility index (Phi) is 11.7. The number of nitrogens with zero attached hydrogens (tertiary/aromatic N) is 3. The van der Waals surface area contributed by atoms with Crippen molar-refractivity contribution < 1.29 is 18.9 Å². The van der Waals surface area contributed by atoms with E-state index >= 15 is 0 Å². The van der Waals surface area contributed by atoms with Crippen LogP contribution in [0.3, 0.4) is 0 Å². The molecule has 1 atom stereocenters. The van der Waals surface area contributed by atoms with Gasteiger partial charge in [0.2, 0.25) is 17.8 Å². The number of unbranched alkanes of at least 4 members (excludes halogenated alkanes) is 2. The summed E-state index contributed by atoms with van der Waals surface area (Å²) in [5, 5.41) is 2.99. The molecule has 0 aliphatic heterocycles. The van der Waals surface area contributed by atoms with E-state index in [9.17, 15) is 0 Å². The fourth-order valence-electron chi connectivity index (χ4n) is 2.42. The van der Waals surface area contributed by atoms with Crippen LogP contribution in [0.4, 0.5) is 17.8 Å². The number of anilines is 3. The molecule has 0 aromatic carbocycles. The van der Waals surface area contributed by atoms with Gasteiger partial charge in [-0.1, -0.05) is 40.0 Å². The lowest BCUT2D eigenvalue weighted by molar-refractivity contribution is -0.380. The molecule has 1 aromatic heterocycles. The van der Waals surface area contributed by atoms with Gasteiger partial charge in [0.25, 0.3) is 0 Å². The molecule has 1 rings (SSSR count). The maximum Gasteiger partial charge on any atom is 0.377 e. The highest BCUT2D eigenvalue weighted by Gasteiger charge is 2.38. The Morgan fingerprint density at radius 3 is 1.96 bits per heavy atom. The van der Waals surface area contributed by atoms with Crippen molar-refractivity contribution in [3.63, 3.8) is 0 Å². The average molecular weight is 401 g/mol. The topological polar surface area (TPSA) is 140 Å². The quantitative estimate of drug-likeness (QED) is 0.280. The fourth-order valence-corrected chi connectivity index (χ4v) is 2.42. The molecule has 1 heterocycles. The molecule has 5 N–H and O–H groups in total. The second-order valence-corrected chi connectivity index (χ2v) is 6.44. The van der Waals surface area contributed by atoms with Crippen molar-refractivity contribution in [2.45, 2.75) is 71.5 Å². The van der Waals surface area contributed by atoms with Crippen LogP contribution in [0.25, 0.3) is 0 Å². The Morgan fingerprint density at radius 1 is 0.929 bits per heavy atom. The summed E-state index contributed by atoms with van der Waals surface area (Å²) in [5.74, 6) is 0.103. The second kappa shape index (κ2) is 13.4. The molecule has 1 aromatic rings. The molecule has 28 heavy (non-hydrogen) atoms. The van der Waals surface area contributed by atoms with Gasteiger partial charge in [0.15, 0.2) is 0 Å². The van der Waals surface area contributed by atoms with Gasteiger partial charge >= 0.3 is 6.10 Å². The zero-order valence-electron chi connectivity index (χ0n) is 17.6. The van der Waals surface area contributed by atoms with Crippen molar-refractivity contribution in [2.24, 2.45) is 0 Å². The molecular formula is C18H36N6O4. The van der Waals surface area contributed by atoms with Crippen molar-refractivity contribution in [1.82, 2.24) is 15.0 Å². The first-order chi connectivity index (χ1) is 13.5. The minimum atomic E-state index is -1.58. The summed E-state index contributed by atoms with van der Waals surface area (Å²) in [6.45, 7) is 7.48. The average Bonchev–Trinajstić information content (AvgIpc) is 2.62. The highest BCUT2D eigenvalue weighted by molar-refractivity contribution is 5.37. The molecule has 0 saturated carbocycles. The van der Waals surface area contributed by atoms with E-state index in [4.69, 9.17) is 30.4 Å². The first kappa shape index (κ1) is 24.3. The molecule has 162 valence electrons. The number of hydrogen-bond donors (Lipinski definition) is 3. The number of nitrogen functional groups attached to an aromatic ring is 2. The van der Waals surface area contributed by atoms with Gasteiger partial charge in [-0.25, -0.2) is 0 Å². The van der Waals surface area contributed by atoms with Crippen LogP contribution < -0.4 is 16.8 Å². The standard InChI is InChI=1S/C18H36N6O4/c1-5-8-11-26-18(27-12-9-6-2,28-14(10-7-3)13-25-4)24-17-22-15(19)21-16(20)23-17/h14H,5-13H2,1-4H3,(H5,19,20,21,22,23,24). The maximum atomic E-state index is 6.23. The monoisotopic (exact) mass is 400 g/mol. The van der Waals surface area contributed by atoms with E-state index in [0.717, 1.165) is 38.5 Å². The lowest BCUT2D eigenvalue weighted by atomic mass is 10.2. The number of ether oxygens (including phenoxy) is 4. The summed E-state index contributed by atoms with van der Waals surface area (Å²) in [5.41, 5.74) is 11.4. The maximum absolute atomic E-state index is 6.23. The Balaban J connectivity index is 3.14. The van der Waals surface area contributed by atoms with Gasteiger partial charge in [-0.15, -0.1) is 0 Å². The van der Waals surface area contributed by atoms with Gasteiger partial charge in [-0.05, 0) is 19.3 Å². The number of methoxy groups -OCH3 is 1. The summed E-state index contributed by atoms with van der Waals surface area (Å²) in [6.07, 6.45) is 3.47. The first-order valence-corrected chi connectivity index (χ1v) is 9.98. The Labute approximate surface area is 167 Å². The number of rotatable bonds is 16. The van der Waals surface area contributed by atoms with E-state index in [0.29, 0.717) is 19.8 Å². The molecule has 10 nitrogen and oxygen atoms in total. The van der Waals surface area contributed by atoms with E-state index in [2.05, 4.69) is 41.0 Å². The van der Waals surface area contributed by atoms with E-state index in [1.807, 2.05) is 0 Å². The molecule has 0 saturated heterocycles. The largest absolute Gasteiger partial charge is 0.382 e. The zero-order chi connectivity index (χ0) is 20.8. The number of nitrogens with two attached hydrogens (primary N) is 2. The third-order valence-corrected chi connectivity index (χ3v) is 3.80. The SMILES string of the molecule is CCCCOC(Nc1nc(N)nc(N)n1)(OCCCC)OC(CCC)COC. The zero-order valence-corrected chi connectivity index (χ0v) is 17.6.